The molecule has 152 valence electrons. The molecule has 1 aromatic rings. The Bertz CT molecular complexity index is 569. The zero-order valence-electron chi connectivity index (χ0n) is 17.3. The number of nitrogens with one attached hydrogen (secondary N) is 2. The minimum absolute atomic E-state index is 0.488. The number of benzene rings is 1. The molecule has 0 aromatic heterocycles. The second-order valence-corrected chi connectivity index (χ2v) is 7.32. The fourth-order valence-corrected chi connectivity index (χ4v) is 3.27. The Morgan fingerprint density at radius 3 is 2.70 bits per heavy atom. The number of nitrogens with zero attached hydrogens (tertiary/aromatic N) is 2. The van der Waals surface area contributed by atoms with Crippen LogP contribution in [0.1, 0.15) is 38.7 Å². The van der Waals surface area contributed by atoms with E-state index in [-0.39, 0.29) is 0 Å². The third kappa shape index (κ3) is 7.77. The molecule has 6 nitrogen and oxygen atoms in total. The van der Waals surface area contributed by atoms with Gasteiger partial charge in [-0.25, -0.2) is 0 Å². The maximum atomic E-state index is 5.77. The lowest BCUT2D eigenvalue weighted by atomic mass is 10.0. The van der Waals surface area contributed by atoms with Crippen molar-refractivity contribution in [3.63, 3.8) is 0 Å². The lowest BCUT2D eigenvalue weighted by Gasteiger charge is -2.35. The van der Waals surface area contributed by atoms with Crippen LogP contribution in [0.15, 0.2) is 29.3 Å². The lowest BCUT2D eigenvalue weighted by Crippen LogP contribution is -2.49. The highest BCUT2D eigenvalue weighted by atomic mass is 16.5. The highest BCUT2D eigenvalue weighted by molar-refractivity contribution is 5.79. The second kappa shape index (κ2) is 11.8. The van der Waals surface area contributed by atoms with Crippen LogP contribution in [0.2, 0.25) is 0 Å². The Balaban J connectivity index is 1.75. The first kappa shape index (κ1) is 21.5. The zero-order valence-corrected chi connectivity index (χ0v) is 17.3. The Labute approximate surface area is 164 Å². The van der Waals surface area contributed by atoms with Gasteiger partial charge in [-0.1, -0.05) is 12.1 Å². The molecule has 1 saturated heterocycles. The van der Waals surface area contributed by atoms with Crippen LogP contribution in [0.4, 0.5) is 0 Å². The molecule has 0 spiro atoms. The molecule has 1 heterocycles. The molecule has 0 radical (unpaired) electrons. The van der Waals surface area contributed by atoms with Crippen molar-refractivity contribution in [2.75, 3.05) is 40.5 Å². The quantitative estimate of drug-likeness (QED) is 0.394. The third-order valence-electron chi connectivity index (χ3n) is 4.94. The Morgan fingerprint density at radius 2 is 2.04 bits per heavy atom. The van der Waals surface area contributed by atoms with Gasteiger partial charge >= 0.3 is 0 Å². The standard InChI is InChI=1S/C21H36N4O2/c1-17(2)25-11-9-19(10-12-25)24-21(22-3)23-16-18-7-5-8-20(15-18)27-14-6-13-26-4/h5,7-8,15,17,19H,6,9-14,16H2,1-4H3,(H2,22,23,24). The molecule has 1 aliphatic heterocycles. The first-order valence-corrected chi connectivity index (χ1v) is 10.0. The zero-order chi connectivity index (χ0) is 19.5. The summed E-state index contributed by atoms with van der Waals surface area (Å²) in [5.41, 5.74) is 1.18. The molecule has 27 heavy (non-hydrogen) atoms. The molecule has 2 rings (SSSR count). The monoisotopic (exact) mass is 376 g/mol. The van der Waals surface area contributed by atoms with Gasteiger partial charge in [0.25, 0.3) is 0 Å². The minimum atomic E-state index is 0.488. The summed E-state index contributed by atoms with van der Waals surface area (Å²) in [5, 5.41) is 6.99. The van der Waals surface area contributed by atoms with Crippen molar-refractivity contribution >= 4 is 5.96 Å². The van der Waals surface area contributed by atoms with Crippen LogP contribution in [0.25, 0.3) is 0 Å². The summed E-state index contributed by atoms with van der Waals surface area (Å²) < 4.78 is 10.8. The van der Waals surface area contributed by atoms with E-state index in [9.17, 15) is 0 Å². The van der Waals surface area contributed by atoms with Gasteiger partial charge < -0.3 is 25.0 Å². The average Bonchev–Trinajstić information content (AvgIpc) is 2.69. The lowest BCUT2D eigenvalue weighted by molar-refractivity contribution is 0.167. The Hall–Kier alpha value is -1.79. The molecule has 6 heteroatoms. The second-order valence-electron chi connectivity index (χ2n) is 7.32. The minimum Gasteiger partial charge on any atom is -0.493 e. The topological polar surface area (TPSA) is 58.1 Å². The first-order chi connectivity index (χ1) is 13.1. The molecule has 0 amide bonds. The van der Waals surface area contributed by atoms with Crippen LogP contribution < -0.4 is 15.4 Å². The van der Waals surface area contributed by atoms with Crippen molar-refractivity contribution in [1.82, 2.24) is 15.5 Å². The van der Waals surface area contributed by atoms with Gasteiger partial charge in [-0.3, -0.25) is 4.99 Å². The van der Waals surface area contributed by atoms with E-state index in [1.807, 2.05) is 19.2 Å². The normalized spacial score (nSPS) is 16.6. The van der Waals surface area contributed by atoms with Crippen LogP contribution >= 0.6 is 0 Å². The number of hydrogen-bond donors (Lipinski definition) is 2. The van der Waals surface area contributed by atoms with Crippen molar-refractivity contribution in [3.05, 3.63) is 29.8 Å². The predicted octanol–water partition coefficient (Wildman–Crippen LogP) is 2.64. The number of piperidine rings is 1. The van der Waals surface area contributed by atoms with Gasteiger partial charge in [0.1, 0.15) is 5.75 Å². The summed E-state index contributed by atoms with van der Waals surface area (Å²) in [5.74, 6) is 1.76. The molecular formula is C21H36N4O2. The molecule has 1 aromatic carbocycles. The number of ether oxygens (including phenoxy) is 2. The van der Waals surface area contributed by atoms with Crippen LogP contribution in [-0.4, -0.2) is 63.4 Å². The van der Waals surface area contributed by atoms with E-state index in [0.717, 1.165) is 57.2 Å². The van der Waals surface area contributed by atoms with Gasteiger partial charge in [0.05, 0.1) is 6.61 Å². The first-order valence-electron chi connectivity index (χ1n) is 10.0. The Kier molecular flexibility index (Phi) is 9.42. The summed E-state index contributed by atoms with van der Waals surface area (Å²) >= 11 is 0. The fraction of sp³-hybridized carbons (Fsp3) is 0.667. The van der Waals surface area contributed by atoms with Crippen LogP contribution in [0.3, 0.4) is 0 Å². The van der Waals surface area contributed by atoms with E-state index in [1.165, 1.54) is 5.56 Å². The van der Waals surface area contributed by atoms with Crippen LogP contribution in [0.5, 0.6) is 5.75 Å². The number of methoxy groups -OCH3 is 1. The number of guanidine groups is 1. The fourth-order valence-electron chi connectivity index (χ4n) is 3.27. The third-order valence-corrected chi connectivity index (χ3v) is 4.94. The number of hydrogen-bond acceptors (Lipinski definition) is 4. The molecule has 0 bridgehead atoms. The summed E-state index contributed by atoms with van der Waals surface area (Å²) in [4.78, 5) is 6.91. The largest absolute Gasteiger partial charge is 0.493 e. The van der Waals surface area contributed by atoms with E-state index >= 15 is 0 Å². The van der Waals surface area contributed by atoms with E-state index in [4.69, 9.17) is 9.47 Å². The SMILES string of the molecule is CN=C(NCc1cccc(OCCCOC)c1)NC1CCN(C(C)C)CC1. The molecule has 0 saturated carbocycles. The highest BCUT2D eigenvalue weighted by Gasteiger charge is 2.21. The molecule has 1 fully saturated rings. The van der Waals surface area contributed by atoms with E-state index < -0.39 is 0 Å². The number of rotatable bonds is 9. The average molecular weight is 377 g/mol. The summed E-state index contributed by atoms with van der Waals surface area (Å²) in [6, 6.07) is 9.32. The maximum Gasteiger partial charge on any atom is 0.191 e. The van der Waals surface area contributed by atoms with Crippen molar-refractivity contribution in [1.29, 1.82) is 0 Å². The summed E-state index contributed by atoms with van der Waals surface area (Å²) in [7, 11) is 3.54. The summed E-state index contributed by atoms with van der Waals surface area (Å²) in [6.07, 6.45) is 3.21. The molecular weight excluding hydrogens is 340 g/mol. The van der Waals surface area contributed by atoms with Gasteiger partial charge in [-0.15, -0.1) is 0 Å². The van der Waals surface area contributed by atoms with Gasteiger partial charge in [0.2, 0.25) is 0 Å². The smallest absolute Gasteiger partial charge is 0.191 e. The maximum absolute atomic E-state index is 5.77. The van der Waals surface area contributed by atoms with Gasteiger partial charge in [0.15, 0.2) is 5.96 Å². The molecule has 2 N–H and O–H groups in total. The van der Waals surface area contributed by atoms with Crippen molar-refractivity contribution < 1.29 is 9.47 Å². The van der Waals surface area contributed by atoms with Crippen molar-refractivity contribution in [2.45, 2.75) is 51.7 Å². The summed E-state index contributed by atoms with van der Waals surface area (Å²) in [6.45, 7) is 8.94. The van der Waals surface area contributed by atoms with E-state index in [2.05, 4.69) is 46.5 Å². The van der Waals surface area contributed by atoms with Crippen molar-refractivity contribution in [3.8, 4) is 5.75 Å². The van der Waals surface area contributed by atoms with E-state index in [0.29, 0.717) is 18.7 Å². The van der Waals surface area contributed by atoms with Gasteiger partial charge in [-0.2, -0.15) is 0 Å². The van der Waals surface area contributed by atoms with Gasteiger partial charge in [-0.05, 0) is 44.4 Å². The van der Waals surface area contributed by atoms with Gasteiger partial charge in [0, 0.05) is 58.9 Å². The van der Waals surface area contributed by atoms with Crippen LogP contribution in [-0.2, 0) is 11.3 Å². The number of likely N-dealkylation sites (tertiary alicyclic amines) is 1. The number of aliphatic imine (C=N–C) groups is 1. The van der Waals surface area contributed by atoms with Crippen molar-refractivity contribution in [2.24, 2.45) is 4.99 Å². The molecule has 0 atom stereocenters. The molecule has 0 unspecified atom stereocenters. The van der Waals surface area contributed by atoms with Crippen LogP contribution in [0, 0.1) is 0 Å². The highest BCUT2D eigenvalue weighted by Crippen LogP contribution is 2.14. The van der Waals surface area contributed by atoms with E-state index in [1.54, 1.807) is 7.11 Å². The molecule has 1 aliphatic rings. The molecule has 0 aliphatic carbocycles. The predicted molar refractivity (Wildman–Crippen MR) is 111 cm³/mol. The Morgan fingerprint density at radius 1 is 1.26 bits per heavy atom.